The number of hydrogen-bond acceptors (Lipinski definition) is 3. The zero-order valence-corrected chi connectivity index (χ0v) is 12.8. The van der Waals surface area contributed by atoms with Crippen molar-refractivity contribution in [3.8, 4) is 11.5 Å². The molecule has 0 saturated heterocycles. The van der Waals surface area contributed by atoms with Crippen LogP contribution >= 0.6 is 15.9 Å². The van der Waals surface area contributed by atoms with Crippen LogP contribution in [0.5, 0.6) is 11.5 Å². The predicted molar refractivity (Wildman–Crippen MR) is 76.6 cm³/mol. The highest BCUT2D eigenvalue weighted by Gasteiger charge is 2.27. The van der Waals surface area contributed by atoms with Crippen molar-refractivity contribution < 1.29 is 9.47 Å². The van der Waals surface area contributed by atoms with E-state index < -0.39 is 0 Å². The Balaban J connectivity index is 2.57. The Kier molecular flexibility index (Phi) is 4.51. The molecule has 0 fully saturated rings. The Morgan fingerprint density at radius 3 is 2.78 bits per heavy atom. The van der Waals surface area contributed by atoms with E-state index >= 15 is 0 Å². The second kappa shape index (κ2) is 5.93. The molecule has 0 aromatic heterocycles. The van der Waals surface area contributed by atoms with Crippen LogP contribution in [0.25, 0.3) is 0 Å². The van der Waals surface area contributed by atoms with Crippen LogP contribution in [0, 0.1) is 0 Å². The first-order chi connectivity index (χ1) is 8.72. The molecule has 0 amide bonds. The summed E-state index contributed by atoms with van der Waals surface area (Å²) in [4.78, 5) is 0. The lowest BCUT2D eigenvalue weighted by molar-refractivity contribution is 0.368. The predicted octanol–water partition coefficient (Wildman–Crippen LogP) is 3.45. The zero-order chi connectivity index (χ0) is 13.1. The van der Waals surface area contributed by atoms with Crippen LogP contribution < -0.4 is 14.8 Å². The maximum atomic E-state index is 5.58. The van der Waals surface area contributed by atoms with Gasteiger partial charge in [0.2, 0.25) is 0 Å². The van der Waals surface area contributed by atoms with E-state index in [2.05, 4.69) is 28.2 Å². The van der Waals surface area contributed by atoms with Gasteiger partial charge in [-0.2, -0.15) is 0 Å². The molecule has 2 rings (SSSR count). The SMILES string of the molecule is CCNC1CCCc2c(OC)cc(Br)c(OC)c21. The summed E-state index contributed by atoms with van der Waals surface area (Å²) in [6.07, 6.45) is 3.40. The van der Waals surface area contributed by atoms with E-state index in [1.807, 2.05) is 6.07 Å². The van der Waals surface area contributed by atoms with E-state index in [0.29, 0.717) is 6.04 Å². The maximum absolute atomic E-state index is 5.58. The summed E-state index contributed by atoms with van der Waals surface area (Å²) in [7, 11) is 3.45. The highest BCUT2D eigenvalue weighted by atomic mass is 79.9. The lowest BCUT2D eigenvalue weighted by atomic mass is 9.86. The molecule has 1 aliphatic rings. The van der Waals surface area contributed by atoms with Crippen molar-refractivity contribution in [2.45, 2.75) is 32.2 Å². The molecule has 1 atom stereocenters. The molecule has 0 heterocycles. The van der Waals surface area contributed by atoms with E-state index in [4.69, 9.17) is 9.47 Å². The number of methoxy groups -OCH3 is 2. The van der Waals surface area contributed by atoms with Crippen molar-refractivity contribution in [2.75, 3.05) is 20.8 Å². The average Bonchev–Trinajstić information content (AvgIpc) is 2.39. The van der Waals surface area contributed by atoms with Gasteiger partial charge in [0.15, 0.2) is 0 Å². The van der Waals surface area contributed by atoms with Gasteiger partial charge in [0.25, 0.3) is 0 Å². The molecule has 0 saturated carbocycles. The van der Waals surface area contributed by atoms with Gasteiger partial charge in [0.05, 0.1) is 18.7 Å². The van der Waals surface area contributed by atoms with Gasteiger partial charge < -0.3 is 14.8 Å². The summed E-state index contributed by atoms with van der Waals surface area (Å²) in [5, 5.41) is 3.54. The third-order valence-corrected chi connectivity index (χ3v) is 4.07. The second-order valence-corrected chi connectivity index (χ2v) is 5.34. The van der Waals surface area contributed by atoms with Crippen molar-refractivity contribution in [3.63, 3.8) is 0 Å². The Hall–Kier alpha value is -0.740. The molecule has 1 N–H and O–H groups in total. The molecule has 1 aromatic rings. The molecule has 4 heteroatoms. The summed E-state index contributed by atoms with van der Waals surface area (Å²) in [6, 6.07) is 2.37. The van der Waals surface area contributed by atoms with Crippen LogP contribution in [-0.4, -0.2) is 20.8 Å². The minimum absolute atomic E-state index is 0.361. The number of halogens is 1. The van der Waals surface area contributed by atoms with Gasteiger partial charge in [-0.1, -0.05) is 6.92 Å². The molecule has 0 radical (unpaired) electrons. The largest absolute Gasteiger partial charge is 0.496 e. The first-order valence-corrected chi connectivity index (χ1v) is 7.18. The third-order valence-electron chi connectivity index (χ3n) is 3.48. The number of rotatable bonds is 4. The van der Waals surface area contributed by atoms with Gasteiger partial charge in [0.1, 0.15) is 11.5 Å². The lowest BCUT2D eigenvalue weighted by Gasteiger charge is -2.29. The molecule has 0 spiro atoms. The molecule has 1 unspecified atom stereocenters. The quantitative estimate of drug-likeness (QED) is 0.923. The number of fused-ring (bicyclic) bond motifs is 1. The number of ether oxygens (including phenoxy) is 2. The van der Waals surface area contributed by atoms with Gasteiger partial charge in [-0.05, 0) is 47.8 Å². The molecule has 3 nitrogen and oxygen atoms in total. The van der Waals surface area contributed by atoms with Gasteiger partial charge in [0, 0.05) is 17.2 Å². The number of hydrogen-bond donors (Lipinski definition) is 1. The second-order valence-electron chi connectivity index (χ2n) is 4.49. The van der Waals surface area contributed by atoms with Crippen LogP contribution in [0.4, 0.5) is 0 Å². The standard InChI is InChI=1S/C14H20BrNO2/c1-4-16-11-7-5-6-9-12(17-2)8-10(15)14(18-3)13(9)11/h8,11,16H,4-7H2,1-3H3. The fraction of sp³-hybridized carbons (Fsp3) is 0.571. The molecule has 18 heavy (non-hydrogen) atoms. The van der Waals surface area contributed by atoms with Crippen LogP contribution in [-0.2, 0) is 6.42 Å². The van der Waals surface area contributed by atoms with Crippen LogP contribution in [0.15, 0.2) is 10.5 Å². The van der Waals surface area contributed by atoms with Crippen molar-refractivity contribution in [1.82, 2.24) is 5.32 Å². The highest BCUT2D eigenvalue weighted by Crippen LogP contribution is 2.45. The van der Waals surface area contributed by atoms with Gasteiger partial charge in [-0.15, -0.1) is 0 Å². The van der Waals surface area contributed by atoms with E-state index in [1.165, 1.54) is 17.5 Å². The maximum Gasteiger partial charge on any atom is 0.138 e. The monoisotopic (exact) mass is 313 g/mol. The summed E-state index contributed by atoms with van der Waals surface area (Å²) < 4.78 is 12.0. The van der Waals surface area contributed by atoms with Gasteiger partial charge >= 0.3 is 0 Å². The van der Waals surface area contributed by atoms with Crippen molar-refractivity contribution in [2.24, 2.45) is 0 Å². The molecule has 0 aliphatic heterocycles. The normalized spacial score (nSPS) is 18.3. The molecule has 0 bridgehead atoms. The Morgan fingerprint density at radius 2 is 2.17 bits per heavy atom. The average molecular weight is 314 g/mol. The fourth-order valence-electron chi connectivity index (χ4n) is 2.76. The Labute approximate surface area is 117 Å². The zero-order valence-electron chi connectivity index (χ0n) is 11.2. The minimum Gasteiger partial charge on any atom is -0.496 e. The summed E-state index contributed by atoms with van der Waals surface area (Å²) >= 11 is 3.57. The highest BCUT2D eigenvalue weighted by molar-refractivity contribution is 9.10. The first kappa shape index (κ1) is 13.7. The molecule has 1 aliphatic carbocycles. The van der Waals surface area contributed by atoms with E-state index in [0.717, 1.165) is 35.4 Å². The minimum atomic E-state index is 0.361. The Morgan fingerprint density at radius 1 is 1.39 bits per heavy atom. The smallest absolute Gasteiger partial charge is 0.138 e. The molecule has 100 valence electrons. The summed E-state index contributed by atoms with van der Waals surface area (Å²) in [5.74, 6) is 1.90. The van der Waals surface area contributed by atoms with Crippen molar-refractivity contribution >= 4 is 15.9 Å². The number of nitrogens with one attached hydrogen (secondary N) is 1. The summed E-state index contributed by atoms with van der Waals surface area (Å²) in [5.41, 5.74) is 2.55. The van der Waals surface area contributed by atoms with Gasteiger partial charge in [-0.3, -0.25) is 0 Å². The van der Waals surface area contributed by atoms with Crippen molar-refractivity contribution in [1.29, 1.82) is 0 Å². The van der Waals surface area contributed by atoms with E-state index in [1.54, 1.807) is 14.2 Å². The first-order valence-electron chi connectivity index (χ1n) is 6.39. The lowest BCUT2D eigenvalue weighted by Crippen LogP contribution is -2.26. The summed E-state index contributed by atoms with van der Waals surface area (Å²) in [6.45, 7) is 3.10. The van der Waals surface area contributed by atoms with Crippen LogP contribution in [0.2, 0.25) is 0 Å². The van der Waals surface area contributed by atoms with Crippen molar-refractivity contribution in [3.05, 3.63) is 21.7 Å². The molecule has 1 aromatic carbocycles. The van der Waals surface area contributed by atoms with Crippen LogP contribution in [0.3, 0.4) is 0 Å². The molecular weight excluding hydrogens is 294 g/mol. The Bertz CT molecular complexity index is 434. The number of benzene rings is 1. The van der Waals surface area contributed by atoms with Gasteiger partial charge in [-0.25, -0.2) is 0 Å². The van der Waals surface area contributed by atoms with Crippen LogP contribution in [0.1, 0.15) is 36.9 Å². The third kappa shape index (κ3) is 2.36. The molecular formula is C14H20BrNO2. The topological polar surface area (TPSA) is 30.5 Å². The van der Waals surface area contributed by atoms with E-state index in [-0.39, 0.29) is 0 Å². The van der Waals surface area contributed by atoms with E-state index in [9.17, 15) is 0 Å². The fourth-order valence-corrected chi connectivity index (χ4v) is 3.34.